The Kier molecular flexibility index (Phi) is 15.1. The first-order valence-corrected chi connectivity index (χ1v) is 8.81. The van der Waals surface area contributed by atoms with E-state index in [4.69, 9.17) is 0 Å². The maximum Gasteiger partial charge on any atom is -0.0443 e. The second-order valence-corrected chi connectivity index (χ2v) is 6.22. The molecular weight excluding hydrogens is 216 g/mol. The zero-order valence-electron chi connectivity index (χ0n) is 13.5. The number of unbranched alkanes of at least 4 members (excludes halogenated alkanes) is 10. The fourth-order valence-electron chi connectivity index (χ4n) is 2.68. The molecule has 0 fully saturated rings. The van der Waals surface area contributed by atoms with Gasteiger partial charge < -0.3 is 0 Å². The lowest BCUT2D eigenvalue weighted by molar-refractivity contribution is 0.440. The van der Waals surface area contributed by atoms with Crippen LogP contribution in [0.2, 0.25) is 0 Å². The van der Waals surface area contributed by atoms with Gasteiger partial charge in [-0.05, 0) is 5.92 Å². The molecule has 0 radical (unpaired) electrons. The molecule has 0 saturated heterocycles. The zero-order chi connectivity index (χ0) is 13.5. The molecule has 18 heavy (non-hydrogen) atoms. The molecule has 1 atom stereocenters. The molecule has 0 heterocycles. The summed E-state index contributed by atoms with van der Waals surface area (Å²) in [5.41, 5.74) is 0. The first kappa shape index (κ1) is 18.0. The van der Waals surface area contributed by atoms with Gasteiger partial charge in [0, 0.05) is 0 Å². The quantitative estimate of drug-likeness (QED) is 0.289. The van der Waals surface area contributed by atoms with E-state index in [0.29, 0.717) is 0 Å². The Labute approximate surface area is 117 Å². The highest BCUT2D eigenvalue weighted by Gasteiger charge is 2.00. The van der Waals surface area contributed by atoms with Gasteiger partial charge in [-0.25, -0.2) is 0 Å². The summed E-state index contributed by atoms with van der Waals surface area (Å²) in [5, 5.41) is 0. The molecular formula is C18H38. The van der Waals surface area contributed by atoms with Crippen LogP contribution in [0.3, 0.4) is 0 Å². The molecule has 0 heteroatoms. The van der Waals surface area contributed by atoms with Gasteiger partial charge in [0.1, 0.15) is 0 Å². The minimum absolute atomic E-state index is 0.971. The summed E-state index contributed by atoms with van der Waals surface area (Å²) in [7, 11) is 0. The molecule has 0 saturated carbocycles. The maximum absolute atomic E-state index is 2.43. The van der Waals surface area contributed by atoms with Crippen molar-refractivity contribution in [3.05, 3.63) is 0 Å². The van der Waals surface area contributed by atoms with Gasteiger partial charge in [-0.2, -0.15) is 0 Å². The molecule has 0 aromatic heterocycles. The van der Waals surface area contributed by atoms with Gasteiger partial charge in [-0.15, -0.1) is 0 Å². The normalized spacial score (nSPS) is 12.8. The van der Waals surface area contributed by atoms with Crippen molar-refractivity contribution in [1.29, 1.82) is 0 Å². The van der Waals surface area contributed by atoms with Gasteiger partial charge in [0.2, 0.25) is 0 Å². The van der Waals surface area contributed by atoms with Crippen molar-refractivity contribution in [2.45, 2.75) is 111 Å². The minimum Gasteiger partial charge on any atom is -0.0654 e. The Hall–Kier alpha value is 0. The van der Waals surface area contributed by atoms with Crippen LogP contribution in [0.25, 0.3) is 0 Å². The van der Waals surface area contributed by atoms with E-state index in [1.807, 2.05) is 0 Å². The Bertz CT molecular complexity index is 139. The van der Waals surface area contributed by atoms with Crippen molar-refractivity contribution in [3.8, 4) is 0 Å². The van der Waals surface area contributed by atoms with E-state index in [9.17, 15) is 0 Å². The largest absolute Gasteiger partial charge is 0.0654 e. The van der Waals surface area contributed by atoms with Crippen molar-refractivity contribution in [1.82, 2.24) is 0 Å². The highest BCUT2D eigenvalue weighted by atomic mass is 14.1. The van der Waals surface area contributed by atoms with Crippen LogP contribution in [0.5, 0.6) is 0 Å². The second-order valence-electron chi connectivity index (χ2n) is 6.22. The first-order valence-electron chi connectivity index (χ1n) is 8.81. The molecule has 0 rings (SSSR count). The molecule has 0 bridgehead atoms. The summed E-state index contributed by atoms with van der Waals surface area (Å²) in [5.74, 6) is 0.971. The smallest absolute Gasteiger partial charge is 0.0443 e. The van der Waals surface area contributed by atoms with Crippen LogP contribution in [0.15, 0.2) is 0 Å². The van der Waals surface area contributed by atoms with E-state index >= 15 is 0 Å². The van der Waals surface area contributed by atoms with E-state index in [1.165, 1.54) is 89.9 Å². The third-order valence-corrected chi connectivity index (χ3v) is 4.10. The Morgan fingerprint density at radius 3 is 1.39 bits per heavy atom. The molecule has 0 aromatic carbocycles. The van der Waals surface area contributed by atoms with Gasteiger partial charge in [0.15, 0.2) is 0 Å². The number of hydrogen-bond donors (Lipinski definition) is 0. The lowest BCUT2D eigenvalue weighted by atomic mass is 9.97. The molecule has 0 nitrogen and oxygen atoms in total. The monoisotopic (exact) mass is 254 g/mol. The average Bonchev–Trinajstić information content (AvgIpc) is 2.38. The van der Waals surface area contributed by atoms with E-state index in [2.05, 4.69) is 20.8 Å². The summed E-state index contributed by atoms with van der Waals surface area (Å²) < 4.78 is 0. The summed E-state index contributed by atoms with van der Waals surface area (Å²) in [4.78, 5) is 0. The summed E-state index contributed by atoms with van der Waals surface area (Å²) in [6.45, 7) is 7.03. The Morgan fingerprint density at radius 1 is 0.500 bits per heavy atom. The van der Waals surface area contributed by atoms with Crippen molar-refractivity contribution < 1.29 is 0 Å². The molecule has 0 aliphatic carbocycles. The molecule has 0 aliphatic heterocycles. The highest BCUT2D eigenvalue weighted by Crippen LogP contribution is 2.17. The highest BCUT2D eigenvalue weighted by molar-refractivity contribution is 4.54. The number of hydrogen-bond acceptors (Lipinski definition) is 0. The molecule has 0 N–H and O–H groups in total. The standard InChI is InChI=1S/C18H38/c1-4-6-8-9-10-11-12-13-14-15-17-18(3)16-7-5-2/h18H,4-17H2,1-3H3. The predicted molar refractivity (Wildman–Crippen MR) is 85.2 cm³/mol. The topological polar surface area (TPSA) is 0 Å². The third-order valence-electron chi connectivity index (χ3n) is 4.10. The minimum atomic E-state index is 0.971. The van der Waals surface area contributed by atoms with E-state index in [0.717, 1.165) is 5.92 Å². The Balaban J connectivity index is 3.02. The van der Waals surface area contributed by atoms with Crippen LogP contribution in [0.4, 0.5) is 0 Å². The predicted octanol–water partition coefficient (Wildman–Crippen LogP) is 7.12. The SMILES string of the molecule is CCCCCCCCCCCCC(C)CCCC. The van der Waals surface area contributed by atoms with Gasteiger partial charge in [0.05, 0.1) is 0 Å². The van der Waals surface area contributed by atoms with Crippen LogP contribution < -0.4 is 0 Å². The molecule has 0 aromatic rings. The van der Waals surface area contributed by atoms with Gasteiger partial charge in [-0.1, -0.05) is 111 Å². The van der Waals surface area contributed by atoms with Crippen molar-refractivity contribution in [2.24, 2.45) is 5.92 Å². The maximum atomic E-state index is 2.43. The average molecular weight is 255 g/mol. The van der Waals surface area contributed by atoms with Crippen LogP contribution in [-0.2, 0) is 0 Å². The van der Waals surface area contributed by atoms with Crippen LogP contribution in [0.1, 0.15) is 111 Å². The van der Waals surface area contributed by atoms with Gasteiger partial charge in [-0.3, -0.25) is 0 Å². The summed E-state index contributed by atoms with van der Waals surface area (Å²) in [6, 6.07) is 0. The van der Waals surface area contributed by atoms with E-state index in [-0.39, 0.29) is 0 Å². The van der Waals surface area contributed by atoms with Gasteiger partial charge in [0.25, 0.3) is 0 Å². The molecule has 110 valence electrons. The van der Waals surface area contributed by atoms with E-state index < -0.39 is 0 Å². The van der Waals surface area contributed by atoms with Crippen molar-refractivity contribution >= 4 is 0 Å². The fraction of sp³-hybridized carbons (Fsp3) is 1.00. The third kappa shape index (κ3) is 14.1. The second kappa shape index (κ2) is 15.1. The summed E-state index contributed by atoms with van der Waals surface area (Å²) in [6.07, 6.45) is 20.3. The van der Waals surface area contributed by atoms with Crippen LogP contribution >= 0.6 is 0 Å². The molecule has 1 unspecified atom stereocenters. The van der Waals surface area contributed by atoms with Crippen molar-refractivity contribution in [3.63, 3.8) is 0 Å². The number of rotatable bonds is 14. The molecule has 0 amide bonds. The van der Waals surface area contributed by atoms with Crippen molar-refractivity contribution in [2.75, 3.05) is 0 Å². The first-order chi connectivity index (χ1) is 8.81. The summed E-state index contributed by atoms with van der Waals surface area (Å²) >= 11 is 0. The lowest BCUT2D eigenvalue weighted by Gasteiger charge is -2.10. The van der Waals surface area contributed by atoms with Crippen LogP contribution in [-0.4, -0.2) is 0 Å². The lowest BCUT2D eigenvalue weighted by Crippen LogP contribution is -1.94. The van der Waals surface area contributed by atoms with E-state index in [1.54, 1.807) is 0 Å². The molecule has 0 spiro atoms. The Morgan fingerprint density at radius 2 is 0.889 bits per heavy atom. The fourth-order valence-corrected chi connectivity index (χ4v) is 2.68. The zero-order valence-corrected chi connectivity index (χ0v) is 13.5. The van der Waals surface area contributed by atoms with Gasteiger partial charge >= 0.3 is 0 Å². The molecule has 0 aliphatic rings. The van der Waals surface area contributed by atoms with Crippen LogP contribution in [0, 0.1) is 5.92 Å².